The average Bonchev–Trinajstić information content (AvgIpc) is 2.08. The quantitative estimate of drug-likeness (QED) is 0.505. The Hall–Kier alpha value is -0.263. The molecule has 0 aromatic heterocycles. The summed E-state index contributed by atoms with van der Waals surface area (Å²) in [5.41, 5.74) is -0.442. The molecule has 0 saturated carbocycles. The molecule has 0 aliphatic rings. The van der Waals surface area contributed by atoms with Gasteiger partial charge >= 0.3 is 0 Å². The van der Waals surface area contributed by atoms with Crippen molar-refractivity contribution in [3.05, 3.63) is 0 Å². The molecule has 0 amide bonds. The molecule has 0 aliphatic carbocycles. The third kappa shape index (κ3) is 2.08. The molecule has 0 radical (unpaired) electrons. The molecule has 0 rings (SSSR count). The first-order valence-electron chi connectivity index (χ1n) is 4.31. The number of aliphatic hydroxyl groups is 1. The molecule has 0 saturated heterocycles. The van der Waals surface area contributed by atoms with Gasteiger partial charge in [-0.2, -0.15) is 0 Å². The van der Waals surface area contributed by atoms with Crippen molar-refractivity contribution in [2.45, 2.75) is 44.6 Å². The minimum Gasteiger partial charge on any atom is -0.384 e. The summed E-state index contributed by atoms with van der Waals surface area (Å²) in [6.45, 7) is 6.42. The highest BCUT2D eigenvalue weighted by Crippen LogP contribution is 2.23. The van der Waals surface area contributed by atoms with Crippen molar-refractivity contribution in [1.29, 1.82) is 0 Å². The van der Waals surface area contributed by atoms with E-state index in [-0.39, 0.29) is 0 Å². The zero-order valence-corrected chi connectivity index (χ0v) is 8.72. The summed E-state index contributed by atoms with van der Waals surface area (Å²) >= 11 is 0. The summed E-state index contributed by atoms with van der Waals surface area (Å²) in [4.78, 5) is 0. The first-order chi connectivity index (χ1) is 5.16. The van der Waals surface area contributed by atoms with E-state index in [1.54, 1.807) is 0 Å². The van der Waals surface area contributed by atoms with Crippen LogP contribution in [0.4, 0.5) is 0 Å². The van der Waals surface area contributed by atoms with Crippen LogP contribution in [0.15, 0.2) is 0 Å². The Morgan fingerprint density at radius 2 is 1.64 bits per heavy atom. The Kier molecular flexibility index (Phi) is 4.47. The van der Waals surface area contributed by atoms with Gasteiger partial charge < -0.3 is 5.11 Å². The Morgan fingerprint density at radius 1 is 1.27 bits per heavy atom. The van der Waals surface area contributed by atoms with Crippen LogP contribution in [0.3, 0.4) is 0 Å². The number of aliphatic hydroxyl groups excluding tert-OH is 1. The SMILES string of the molecule is C#CC(O)[Si](CC)(CC)CC. The van der Waals surface area contributed by atoms with Gasteiger partial charge in [-0.25, -0.2) is 0 Å². The fourth-order valence-corrected chi connectivity index (χ4v) is 4.52. The second kappa shape index (κ2) is 4.58. The van der Waals surface area contributed by atoms with E-state index in [4.69, 9.17) is 6.42 Å². The van der Waals surface area contributed by atoms with Crippen LogP contribution in [0.1, 0.15) is 20.8 Å². The van der Waals surface area contributed by atoms with Crippen LogP contribution >= 0.6 is 0 Å². The van der Waals surface area contributed by atoms with Gasteiger partial charge in [0.1, 0.15) is 13.8 Å². The molecule has 1 nitrogen and oxygen atoms in total. The summed E-state index contributed by atoms with van der Waals surface area (Å²) in [6.07, 6.45) is 5.22. The fourth-order valence-electron chi connectivity index (χ4n) is 1.51. The van der Waals surface area contributed by atoms with Gasteiger partial charge in [0.2, 0.25) is 0 Å². The van der Waals surface area contributed by atoms with Crippen LogP contribution in [0.5, 0.6) is 0 Å². The lowest BCUT2D eigenvalue weighted by molar-refractivity contribution is 0.296. The molecule has 0 aromatic rings. The monoisotopic (exact) mass is 170 g/mol. The minimum absolute atomic E-state index is 0.442. The number of hydrogen-bond acceptors (Lipinski definition) is 1. The molecule has 11 heavy (non-hydrogen) atoms. The summed E-state index contributed by atoms with van der Waals surface area (Å²) in [6, 6.07) is 3.27. The zero-order chi connectivity index (χ0) is 8.91. The van der Waals surface area contributed by atoms with Crippen LogP contribution in [-0.4, -0.2) is 18.9 Å². The molecule has 0 fully saturated rings. The predicted molar refractivity (Wildman–Crippen MR) is 52.0 cm³/mol. The molecule has 0 aliphatic heterocycles. The Bertz CT molecular complexity index is 136. The first-order valence-corrected chi connectivity index (χ1v) is 7.00. The summed E-state index contributed by atoms with van der Waals surface area (Å²) < 4.78 is 0. The van der Waals surface area contributed by atoms with E-state index in [0.29, 0.717) is 0 Å². The van der Waals surface area contributed by atoms with Crippen LogP contribution in [0.25, 0.3) is 0 Å². The maximum absolute atomic E-state index is 9.59. The standard InChI is InChI=1S/C9H18OSi/c1-5-9(10)11(6-2,7-3)8-4/h1,9-10H,6-8H2,2-4H3. The van der Waals surface area contributed by atoms with Crippen LogP contribution < -0.4 is 0 Å². The molecule has 0 aromatic carbocycles. The second-order valence-corrected chi connectivity index (χ2v) is 8.39. The van der Waals surface area contributed by atoms with Crippen LogP contribution in [-0.2, 0) is 0 Å². The van der Waals surface area contributed by atoms with Gasteiger partial charge in [-0.05, 0) is 0 Å². The largest absolute Gasteiger partial charge is 0.384 e. The lowest BCUT2D eigenvalue weighted by atomic mass is 10.7. The van der Waals surface area contributed by atoms with Gasteiger partial charge in [0.15, 0.2) is 0 Å². The highest BCUT2D eigenvalue weighted by atomic mass is 28.3. The van der Waals surface area contributed by atoms with Gasteiger partial charge in [0.05, 0.1) is 0 Å². The summed E-state index contributed by atoms with van der Waals surface area (Å²) in [7, 11) is -1.50. The average molecular weight is 170 g/mol. The second-order valence-electron chi connectivity index (χ2n) is 2.99. The van der Waals surface area contributed by atoms with Gasteiger partial charge in [0, 0.05) is 0 Å². The summed E-state index contributed by atoms with van der Waals surface area (Å²) in [5, 5.41) is 9.59. The Labute approximate surface area is 70.8 Å². The van der Waals surface area contributed by atoms with Crippen LogP contribution in [0, 0.1) is 12.3 Å². The minimum atomic E-state index is -1.50. The van der Waals surface area contributed by atoms with Crippen molar-refractivity contribution in [2.75, 3.05) is 0 Å². The summed E-state index contributed by atoms with van der Waals surface area (Å²) in [5.74, 6) is 2.48. The maximum Gasteiger partial charge on any atom is 0.102 e. The number of hydrogen-bond donors (Lipinski definition) is 1. The molecule has 0 heterocycles. The highest BCUT2D eigenvalue weighted by Gasteiger charge is 2.33. The van der Waals surface area contributed by atoms with Crippen LogP contribution in [0.2, 0.25) is 18.1 Å². The van der Waals surface area contributed by atoms with E-state index >= 15 is 0 Å². The van der Waals surface area contributed by atoms with E-state index in [1.807, 2.05) is 0 Å². The van der Waals surface area contributed by atoms with E-state index in [2.05, 4.69) is 26.7 Å². The lowest BCUT2D eigenvalue weighted by Gasteiger charge is -2.29. The van der Waals surface area contributed by atoms with Crippen molar-refractivity contribution in [2.24, 2.45) is 0 Å². The first kappa shape index (κ1) is 10.7. The molecule has 1 unspecified atom stereocenters. The lowest BCUT2D eigenvalue weighted by Crippen LogP contribution is -2.44. The van der Waals surface area contributed by atoms with Crippen molar-refractivity contribution in [3.63, 3.8) is 0 Å². The fraction of sp³-hybridized carbons (Fsp3) is 0.778. The molecule has 2 heteroatoms. The Balaban J connectivity index is 4.42. The van der Waals surface area contributed by atoms with Gasteiger partial charge in [-0.1, -0.05) is 44.8 Å². The third-order valence-electron chi connectivity index (χ3n) is 2.85. The van der Waals surface area contributed by atoms with Crippen molar-refractivity contribution < 1.29 is 5.11 Å². The van der Waals surface area contributed by atoms with E-state index in [1.165, 1.54) is 0 Å². The topological polar surface area (TPSA) is 20.2 Å². The normalized spacial score (nSPS) is 14.1. The van der Waals surface area contributed by atoms with Crippen molar-refractivity contribution in [1.82, 2.24) is 0 Å². The number of terminal acetylenes is 1. The smallest absolute Gasteiger partial charge is 0.102 e. The van der Waals surface area contributed by atoms with Gasteiger partial charge in [0.25, 0.3) is 0 Å². The molecular weight excluding hydrogens is 152 g/mol. The van der Waals surface area contributed by atoms with Gasteiger partial charge in [-0.3, -0.25) is 0 Å². The van der Waals surface area contributed by atoms with Crippen molar-refractivity contribution >= 4 is 8.07 Å². The maximum atomic E-state index is 9.59. The number of rotatable bonds is 4. The predicted octanol–water partition coefficient (Wildman–Crippen LogP) is 2.03. The van der Waals surface area contributed by atoms with Gasteiger partial charge in [-0.15, -0.1) is 6.42 Å². The third-order valence-corrected chi connectivity index (χ3v) is 8.40. The molecule has 1 atom stereocenters. The molecule has 1 N–H and O–H groups in total. The Morgan fingerprint density at radius 3 is 1.73 bits per heavy atom. The molecule has 0 bridgehead atoms. The molecule has 0 spiro atoms. The van der Waals surface area contributed by atoms with E-state index in [0.717, 1.165) is 18.1 Å². The molecule has 64 valence electrons. The molecular formula is C9H18OSi. The zero-order valence-electron chi connectivity index (χ0n) is 7.72. The van der Waals surface area contributed by atoms with E-state index in [9.17, 15) is 5.11 Å². The highest BCUT2D eigenvalue weighted by molar-refractivity contribution is 6.81. The van der Waals surface area contributed by atoms with Crippen molar-refractivity contribution in [3.8, 4) is 12.3 Å². The van der Waals surface area contributed by atoms with E-state index < -0.39 is 13.8 Å².